The van der Waals surface area contributed by atoms with E-state index in [9.17, 15) is 44.1 Å². The summed E-state index contributed by atoms with van der Waals surface area (Å²) in [4.78, 5) is 84.3. The number of fused-ring (bicyclic) bond motifs is 3. The summed E-state index contributed by atoms with van der Waals surface area (Å²) in [5.41, 5.74) is -17.9. The summed E-state index contributed by atoms with van der Waals surface area (Å²) in [6.45, 7) is 15.3. The summed E-state index contributed by atoms with van der Waals surface area (Å²) >= 11 is 0. The molecule has 1 aromatic heterocycles. The lowest BCUT2D eigenvalue weighted by Crippen LogP contribution is -2.97. The third-order valence-corrected chi connectivity index (χ3v) is 15.9. The van der Waals surface area contributed by atoms with Gasteiger partial charge in [0.15, 0.2) is 40.7 Å². The number of aliphatic hydroxyl groups excluding tert-OH is 1. The maximum Gasteiger partial charge on any atom is 0.338 e. The highest BCUT2D eigenvalue weighted by Crippen LogP contribution is 2.90. The number of rotatable bonds is 10. The summed E-state index contributed by atoms with van der Waals surface area (Å²) in [7, 11) is 1.16. The quantitative estimate of drug-likeness (QED) is 0.132. The first-order valence-electron chi connectivity index (χ1n) is 21.1. The van der Waals surface area contributed by atoms with Gasteiger partial charge in [-0.15, -0.1) is 0 Å². The Morgan fingerprint density at radius 3 is 2.08 bits per heavy atom. The third kappa shape index (κ3) is 5.03. The summed E-state index contributed by atoms with van der Waals surface area (Å²) < 4.78 is 64.0. The van der Waals surface area contributed by atoms with E-state index in [0.717, 1.165) is 27.9 Å². The van der Waals surface area contributed by atoms with Crippen molar-refractivity contribution in [1.29, 1.82) is 0 Å². The summed E-state index contributed by atoms with van der Waals surface area (Å²) in [5.74, 6) is -12.6. The van der Waals surface area contributed by atoms with Crippen LogP contribution < -0.4 is 0 Å². The fraction of sp³-hybridized carbons (Fsp3) is 0.727. The topological polar surface area (TPSA) is 259 Å². The lowest BCUT2D eigenvalue weighted by atomic mass is 9.32. The minimum Gasteiger partial charge on any atom is -0.511 e. The molecule has 4 saturated carbocycles. The fourth-order valence-corrected chi connectivity index (χ4v) is 13.8. The predicted molar refractivity (Wildman–Crippen MR) is 207 cm³/mol. The number of esters is 6. The molecule has 2 spiro atoms. The van der Waals surface area contributed by atoms with E-state index in [1.165, 1.54) is 39.4 Å². The van der Waals surface area contributed by atoms with Crippen molar-refractivity contribution in [1.82, 2.24) is 0 Å². The van der Waals surface area contributed by atoms with Crippen molar-refractivity contribution >= 4 is 35.8 Å². The molecule has 8 rings (SSSR count). The standard InChI is InChI=1S/C44H56O19/c1-13-37(8,52)35(51)60-33-36(7)18-41-39(10,24(36)16-25(48)54-12)44-31(57-21(5)46)30(56-20(4)45)38(9)28(26(27(49)19(2)3)32(50)59-29(38)23-14-15-55-17-23)43(44,62-40(11,61-41)63-44)34(42(33,41)53)58-22(6)47/h14-15,17,19,24,28-31,33-34,49,52-53H,13,16,18H2,1-12H3/b27-26-/t24-,28+,29-,30-,31+,33-,34+,36+,37?,38+,39+,40?,41?,42-,43+,44-/m0/s1. The van der Waals surface area contributed by atoms with Crippen molar-refractivity contribution < 1.29 is 91.1 Å². The Labute approximate surface area is 362 Å². The Balaban J connectivity index is 1.62. The highest BCUT2D eigenvalue weighted by atomic mass is 16.9. The molecule has 19 heteroatoms. The van der Waals surface area contributed by atoms with Crippen LogP contribution in [0.2, 0.25) is 0 Å². The highest BCUT2D eigenvalue weighted by molar-refractivity contribution is 5.92. The molecule has 4 heterocycles. The minimum atomic E-state index is -2.76. The second-order valence-corrected chi connectivity index (χ2v) is 19.6. The number of aliphatic hydroxyl groups is 3. The fourth-order valence-electron chi connectivity index (χ4n) is 13.8. The number of methoxy groups -OCH3 is 1. The Kier molecular flexibility index (Phi) is 9.64. The van der Waals surface area contributed by atoms with Gasteiger partial charge >= 0.3 is 35.8 Å². The molecular weight excluding hydrogens is 832 g/mol. The average Bonchev–Trinajstić information content (AvgIpc) is 3.89. The molecule has 19 nitrogen and oxygen atoms in total. The van der Waals surface area contributed by atoms with Crippen LogP contribution in [0.4, 0.5) is 0 Å². The second-order valence-electron chi connectivity index (χ2n) is 19.6. The molecule has 3 aliphatic heterocycles. The third-order valence-electron chi connectivity index (χ3n) is 15.9. The molecule has 346 valence electrons. The van der Waals surface area contributed by atoms with E-state index in [2.05, 4.69) is 0 Å². The molecule has 7 aliphatic rings. The molecule has 63 heavy (non-hydrogen) atoms. The van der Waals surface area contributed by atoms with E-state index < -0.39 is 152 Å². The van der Waals surface area contributed by atoms with Crippen LogP contribution >= 0.6 is 0 Å². The van der Waals surface area contributed by atoms with Crippen molar-refractivity contribution in [2.75, 3.05) is 7.11 Å². The van der Waals surface area contributed by atoms with Gasteiger partial charge in [0.25, 0.3) is 5.97 Å². The van der Waals surface area contributed by atoms with Gasteiger partial charge in [0.05, 0.1) is 30.6 Å². The van der Waals surface area contributed by atoms with Crippen molar-refractivity contribution in [2.45, 2.75) is 160 Å². The van der Waals surface area contributed by atoms with Crippen LogP contribution in [0.3, 0.4) is 0 Å². The second kappa shape index (κ2) is 13.5. The van der Waals surface area contributed by atoms with Gasteiger partial charge in [0.2, 0.25) is 0 Å². The van der Waals surface area contributed by atoms with Crippen LogP contribution in [0.5, 0.6) is 0 Å². The van der Waals surface area contributed by atoms with Crippen LogP contribution in [0.1, 0.15) is 107 Å². The van der Waals surface area contributed by atoms with Crippen LogP contribution in [-0.4, -0.2) is 117 Å². The van der Waals surface area contributed by atoms with Gasteiger partial charge in [-0.2, -0.15) is 0 Å². The van der Waals surface area contributed by atoms with E-state index in [1.54, 1.807) is 34.6 Å². The van der Waals surface area contributed by atoms with E-state index in [-0.39, 0.29) is 18.4 Å². The summed E-state index contributed by atoms with van der Waals surface area (Å²) in [5, 5.41) is 38.0. The van der Waals surface area contributed by atoms with Crippen molar-refractivity contribution in [3.8, 4) is 0 Å². The molecule has 7 fully saturated rings. The smallest absolute Gasteiger partial charge is 0.338 e. The number of carbonyl (C=O) groups is 6. The number of furan rings is 1. The van der Waals surface area contributed by atoms with Gasteiger partial charge in [-0.05, 0) is 31.7 Å². The molecular formula is C44H56O19. The maximum atomic E-state index is 15.0. The molecule has 0 radical (unpaired) electrons. The van der Waals surface area contributed by atoms with Gasteiger partial charge in [-0.25, -0.2) is 9.59 Å². The highest BCUT2D eigenvalue weighted by Gasteiger charge is 3.07. The normalized spacial score (nSPS) is 46.5. The van der Waals surface area contributed by atoms with Gasteiger partial charge in [0.1, 0.15) is 23.6 Å². The molecule has 4 aliphatic carbocycles. The van der Waals surface area contributed by atoms with Crippen molar-refractivity contribution in [2.24, 2.45) is 34.0 Å². The van der Waals surface area contributed by atoms with Crippen LogP contribution in [-0.2, 0) is 71.4 Å². The summed E-state index contributed by atoms with van der Waals surface area (Å²) in [6, 6.07) is 1.49. The molecule has 0 aromatic carbocycles. The van der Waals surface area contributed by atoms with Crippen molar-refractivity contribution in [3.05, 3.63) is 35.5 Å². The first-order valence-corrected chi connectivity index (χ1v) is 21.1. The zero-order valence-corrected chi connectivity index (χ0v) is 37.3. The van der Waals surface area contributed by atoms with Gasteiger partial charge in [-0.1, -0.05) is 41.5 Å². The largest absolute Gasteiger partial charge is 0.511 e. The number of allylic oxidation sites excluding steroid dienone is 1. The number of carbonyl (C=O) groups excluding carboxylic acids is 6. The van der Waals surface area contributed by atoms with Crippen LogP contribution in [0.15, 0.2) is 34.3 Å². The predicted octanol–water partition coefficient (Wildman–Crippen LogP) is 3.17. The molecule has 4 bridgehead atoms. The lowest BCUT2D eigenvalue weighted by molar-refractivity contribution is -0.490. The van der Waals surface area contributed by atoms with Gasteiger partial charge in [-0.3, -0.25) is 19.2 Å². The first-order chi connectivity index (χ1) is 29.1. The average molecular weight is 889 g/mol. The molecule has 1 aromatic rings. The minimum absolute atomic E-state index is 0.129. The maximum absolute atomic E-state index is 15.0. The number of hydrogen-bond acceptors (Lipinski definition) is 19. The molecule has 0 amide bonds. The zero-order valence-electron chi connectivity index (χ0n) is 37.3. The van der Waals surface area contributed by atoms with Crippen molar-refractivity contribution in [3.63, 3.8) is 0 Å². The Morgan fingerprint density at radius 2 is 1.54 bits per heavy atom. The Bertz CT molecular complexity index is 2210. The van der Waals surface area contributed by atoms with E-state index in [4.69, 9.17) is 47.0 Å². The van der Waals surface area contributed by atoms with E-state index in [1.807, 2.05) is 0 Å². The van der Waals surface area contributed by atoms with E-state index >= 15 is 0 Å². The first kappa shape index (κ1) is 45.0. The summed E-state index contributed by atoms with van der Waals surface area (Å²) in [6.07, 6.45) is -7.39. The molecule has 3 saturated heterocycles. The Hall–Kier alpha value is -4.56. The van der Waals surface area contributed by atoms with Crippen LogP contribution in [0.25, 0.3) is 0 Å². The number of cyclic esters (lactones) is 1. The Morgan fingerprint density at radius 1 is 0.921 bits per heavy atom. The molecule has 3 N–H and O–H groups in total. The van der Waals surface area contributed by atoms with E-state index in [0.29, 0.717) is 0 Å². The zero-order chi connectivity index (χ0) is 46.6. The monoisotopic (exact) mass is 888 g/mol. The van der Waals surface area contributed by atoms with Crippen LogP contribution in [0, 0.1) is 34.0 Å². The lowest BCUT2D eigenvalue weighted by Gasteiger charge is -2.78. The molecule has 3 unspecified atom stereocenters. The van der Waals surface area contributed by atoms with Gasteiger partial charge in [0, 0.05) is 62.3 Å². The van der Waals surface area contributed by atoms with Gasteiger partial charge < -0.3 is 62.4 Å². The SMILES string of the molecule is CCC(C)(O)C(=O)O[C@H]1[C@]2(C)CC34OC5(C)O[C@]6([C@@H]7/C(=C(/O)C(C)C)C(=O)O[C@@H](c8ccoc8)[C@]7(C)[C@@H](OC(C)=O)[C@@H](OC(C)=O)[C@]6(O5)[C@]3(C)[C@H]2CC(=O)OC)[C@H](OC(C)=O)[C@@]14O. The number of hydrogen-bond donors (Lipinski definition) is 3. The number of ether oxygens (including phenoxy) is 9. The molecule has 16 atom stereocenters.